The molecule has 6 heteroatoms. The Labute approximate surface area is 134 Å². The van der Waals surface area contributed by atoms with Gasteiger partial charge in [-0.3, -0.25) is 14.4 Å². The topological polar surface area (TPSA) is 101 Å². The van der Waals surface area contributed by atoms with Gasteiger partial charge in [-0.25, -0.2) is 0 Å². The molecule has 3 rings (SSSR count). The van der Waals surface area contributed by atoms with Crippen molar-refractivity contribution in [1.82, 2.24) is 4.90 Å². The fourth-order valence-electron chi connectivity index (χ4n) is 3.60. The zero-order valence-electron chi connectivity index (χ0n) is 12.8. The SMILES string of the molecule is NC(=O)C1c2ccccc2CCN1C(=O)CC1(C(=O)O)CCC1. The lowest BCUT2D eigenvalue weighted by Crippen LogP contribution is -2.49. The van der Waals surface area contributed by atoms with Crippen LogP contribution >= 0.6 is 0 Å². The van der Waals surface area contributed by atoms with E-state index in [9.17, 15) is 19.5 Å². The molecule has 2 amide bonds. The number of carboxylic acid groups (broad SMARTS) is 1. The zero-order chi connectivity index (χ0) is 16.6. The maximum Gasteiger partial charge on any atom is 0.310 e. The normalized spacial score (nSPS) is 21.9. The van der Waals surface area contributed by atoms with Gasteiger partial charge in [0.05, 0.1) is 5.41 Å². The Hall–Kier alpha value is -2.37. The molecule has 3 N–H and O–H groups in total. The Balaban J connectivity index is 1.86. The number of nitrogens with two attached hydrogens (primary N) is 1. The number of carbonyl (C=O) groups is 3. The van der Waals surface area contributed by atoms with Gasteiger partial charge >= 0.3 is 5.97 Å². The monoisotopic (exact) mass is 316 g/mol. The van der Waals surface area contributed by atoms with Crippen LogP contribution in [0.5, 0.6) is 0 Å². The third-order valence-corrected chi connectivity index (χ3v) is 5.13. The van der Waals surface area contributed by atoms with Gasteiger partial charge in [-0.2, -0.15) is 0 Å². The number of hydrogen-bond acceptors (Lipinski definition) is 3. The summed E-state index contributed by atoms with van der Waals surface area (Å²) in [4.78, 5) is 37.5. The second-order valence-electron chi connectivity index (χ2n) is 6.46. The van der Waals surface area contributed by atoms with E-state index in [0.717, 1.165) is 17.5 Å². The standard InChI is InChI=1S/C17H20N2O4/c18-15(21)14-12-5-2-1-4-11(12)6-9-19(14)13(20)10-17(16(22)23)7-3-8-17/h1-2,4-5,14H,3,6-10H2,(H2,18,21)(H,22,23). The molecule has 0 spiro atoms. The van der Waals surface area contributed by atoms with Gasteiger partial charge < -0.3 is 15.7 Å². The predicted molar refractivity (Wildman–Crippen MR) is 82.3 cm³/mol. The van der Waals surface area contributed by atoms with Crippen molar-refractivity contribution < 1.29 is 19.5 Å². The molecule has 2 aliphatic rings. The fraction of sp³-hybridized carbons (Fsp3) is 0.471. The molecule has 1 aromatic rings. The van der Waals surface area contributed by atoms with Crippen molar-refractivity contribution in [1.29, 1.82) is 0 Å². The number of primary amides is 1. The van der Waals surface area contributed by atoms with Crippen molar-refractivity contribution in [3.05, 3.63) is 35.4 Å². The molecule has 0 bridgehead atoms. The summed E-state index contributed by atoms with van der Waals surface area (Å²) in [6.07, 6.45) is 2.43. The molecule has 1 aliphatic carbocycles. The Kier molecular flexibility index (Phi) is 3.83. The highest BCUT2D eigenvalue weighted by atomic mass is 16.4. The van der Waals surface area contributed by atoms with Gasteiger partial charge in [-0.05, 0) is 30.4 Å². The largest absolute Gasteiger partial charge is 0.481 e. The third kappa shape index (κ3) is 2.58. The zero-order valence-corrected chi connectivity index (χ0v) is 12.8. The maximum absolute atomic E-state index is 12.7. The second-order valence-corrected chi connectivity index (χ2v) is 6.46. The number of amides is 2. The summed E-state index contributed by atoms with van der Waals surface area (Å²) >= 11 is 0. The minimum atomic E-state index is -0.962. The Morgan fingerprint density at radius 2 is 1.96 bits per heavy atom. The summed E-state index contributed by atoms with van der Waals surface area (Å²) in [5.74, 6) is -1.81. The summed E-state index contributed by atoms with van der Waals surface area (Å²) in [6.45, 7) is 0.388. The Morgan fingerprint density at radius 3 is 2.52 bits per heavy atom. The number of benzene rings is 1. The molecule has 1 aliphatic heterocycles. The van der Waals surface area contributed by atoms with Gasteiger partial charge in [0.2, 0.25) is 11.8 Å². The van der Waals surface area contributed by atoms with Crippen LogP contribution in [-0.4, -0.2) is 34.3 Å². The molecule has 0 aromatic heterocycles. The number of hydrogen-bond donors (Lipinski definition) is 2. The lowest BCUT2D eigenvalue weighted by molar-refractivity contribution is -0.160. The molecule has 1 unspecified atom stereocenters. The van der Waals surface area contributed by atoms with Crippen molar-refractivity contribution in [2.45, 2.75) is 38.1 Å². The first-order valence-electron chi connectivity index (χ1n) is 7.85. The second kappa shape index (κ2) is 5.68. The summed E-state index contributed by atoms with van der Waals surface area (Å²) in [5, 5.41) is 9.40. The summed E-state index contributed by atoms with van der Waals surface area (Å²) in [6, 6.07) is 6.63. The molecule has 1 fully saturated rings. The van der Waals surface area contributed by atoms with E-state index < -0.39 is 23.3 Å². The lowest BCUT2D eigenvalue weighted by atomic mass is 9.66. The quantitative estimate of drug-likeness (QED) is 0.872. The van der Waals surface area contributed by atoms with Crippen LogP contribution in [0, 0.1) is 5.41 Å². The van der Waals surface area contributed by atoms with Gasteiger partial charge in [-0.1, -0.05) is 30.7 Å². The van der Waals surface area contributed by atoms with Crippen LogP contribution in [0.1, 0.15) is 42.9 Å². The molecule has 122 valence electrons. The van der Waals surface area contributed by atoms with Crippen molar-refractivity contribution in [2.75, 3.05) is 6.54 Å². The molecule has 1 aromatic carbocycles. The van der Waals surface area contributed by atoms with Crippen LogP contribution < -0.4 is 5.73 Å². The van der Waals surface area contributed by atoms with E-state index in [1.165, 1.54) is 4.90 Å². The van der Waals surface area contributed by atoms with E-state index in [1.807, 2.05) is 18.2 Å². The molecule has 0 radical (unpaired) electrons. The molecule has 6 nitrogen and oxygen atoms in total. The van der Waals surface area contributed by atoms with Crippen LogP contribution in [0.2, 0.25) is 0 Å². The van der Waals surface area contributed by atoms with Crippen LogP contribution in [0.15, 0.2) is 24.3 Å². The van der Waals surface area contributed by atoms with Gasteiger partial charge in [0.25, 0.3) is 0 Å². The molecule has 1 saturated carbocycles. The highest BCUT2D eigenvalue weighted by molar-refractivity contribution is 5.91. The average Bonchev–Trinajstić information content (AvgIpc) is 2.48. The molecule has 1 heterocycles. The van der Waals surface area contributed by atoms with Gasteiger partial charge in [-0.15, -0.1) is 0 Å². The third-order valence-electron chi connectivity index (χ3n) is 5.13. The summed E-state index contributed by atoms with van der Waals surface area (Å²) in [7, 11) is 0. The average molecular weight is 316 g/mol. The summed E-state index contributed by atoms with van der Waals surface area (Å²) in [5.41, 5.74) is 6.33. The van der Waals surface area contributed by atoms with Crippen LogP contribution in [0.25, 0.3) is 0 Å². The van der Waals surface area contributed by atoms with E-state index in [2.05, 4.69) is 0 Å². The minimum Gasteiger partial charge on any atom is -0.481 e. The Bertz CT molecular complexity index is 666. The molecule has 0 saturated heterocycles. The number of carboxylic acids is 1. The Morgan fingerprint density at radius 1 is 1.26 bits per heavy atom. The van der Waals surface area contributed by atoms with E-state index >= 15 is 0 Å². The van der Waals surface area contributed by atoms with Crippen LogP contribution in [0.3, 0.4) is 0 Å². The number of rotatable bonds is 4. The molecule has 23 heavy (non-hydrogen) atoms. The lowest BCUT2D eigenvalue weighted by Gasteiger charge is -2.41. The van der Waals surface area contributed by atoms with Gasteiger partial charge in [0.1, 0.15) is 6.04 Å². The van der Waals surface area contributed by atoms with Gasteiger partial charge in [0, 0.05) is 13.0 Å². The van der Waals surface area contributed by atoms with E-state index in [0.29, 0.717) is 25.8 Å². The highest BCUT2D eigenvalue weighted by Crippen LogP contribution is 2.45. The number of carbonyl (C=O) groups excluding carboxylic acids is 2. The number of nitrogens with zero attached hydrogens (tertiary/aromatic N) is 1. The molecule has 1 atom stereocenters. The van der Waals surface area contributed by atoms with Crippen molar-refractivity contribution >= 4 is 17.8 Å². The molecular weight excluding hydrogens is 296 g/mol. The minimum absolute atomic E-state index is 0.0612. The van der Waals surface area contributed by atoms with Gasteiger partial charge in [0.15, 0.2) is 0 Å². The van der Waals surface area contributed by atoms with E-state index in [4.69, 9.17) is 5.73 Å². The van der Waals surface area contributed by atoms with Crippen molar-refractivity contribution in [3.63, 3.8) is 0 Å². The maximum atomic E-state index is 12.7. The molecular formula is C17H20N2O4. The van der Waals surface area contributed by atoms with E-state index in [1.54, 1.807) is 6.07 Å². The highest BCUT2D eigenvalue weighted by Gasteiger charge is 2.48. The smallest absolute Gasteiger partial charge is 0.310 e. The number of fused-ring (bicyclic) bond motifs is 1. The fourth-order valence-corrected chi connectivity index (χ4v) is 3.60. The number of aliphatic carboxylic acids is 1. The first kappa shape index (κ1) is 15.5. The van der Waals surface area contributed by atoms with Crippen LogP contribution in [-0.2, 0) is 20.8 Å². The first-order valence-corrected chi connectivity index (χ1v) is 7.85. The van der Waals surface area contributed by atoms with E-state index in [-0.39, 0.29) is 12.3 Å². The van der Waals surface area contributed by atoms with Crippen molar-refractivity contribution in [2.24, 2.45) is 11.1 Å². The van der Waals surface area contributed by atoms with Crippen LogP contribution in [0.4, 0.5) is 0 Å². The van der Waals surface area contributed by atoms with Crippen molar-refractivity contribution in [3.8, 4) is 0 Å². The summed E-state index contributed by atoms with van der Waals surface area (Å²) < 4.78 is 0. The predicted octanol–water partition coefficient (Wildman–Crippen LogP) is 1.24. The first-order chi connectivity index (χ1) is 10.9.